The molecule has 0 saturated carbocycles. The van der Waals surface area contributed by atoms with Gasteiger partial charge in [-0.05, 0) is 90.0 Å². The Morgan fingerprint density at radius 1 is 0.966 bits per heavy atom. The van der Waals surface area contributed by atoms with Crippen molar-refractivity contribution in [1.82, 2.24) is 5.32 Å². The maximum absolute atomic E-state index is 13.7. The number of carbonyl (C=O) groups excluding carboxylic acids is 1. The van der Waals surface area contributed by atoms with Gasteiger partial charge in [0, 0.05) is 22.5 Å². The van der Waals surface area contributed by atoms with E-state index in [4.69, 9.17) is 11.6 Å². The second-order valence-corrected chi connectivity index (χ2v) is 8.20. The molecule has 0 saturated heterocycles. The number of aryl methyl sites for hydroxylation is 3. The number of benzene rings is 3. The zero-order valence-corrected chi connectivity index (χ0v) is 18.9. The first-order valence-corrected chi connectivity index (χ1v) is 10.8. The van der Waals surface area contributed by atoms with Gasteiger partial charge in [-0.2, -0.15) is 0 Å². The van der Waals surface area contributed by atoms with Crippen molar-refractivity contribution in [2.24, 2.45) is 0 Å². The van der Waals surface area contributed by atoms with Crippen LogP contribution < -0.4 is 5.32 Å². The van der Waals surface area contributed by atoms with Crippen molar-refractivity contribution in [3.8, 4) is 11.1 Å². The normalized spacial score (nSPS) is 10.8. The molecule has 0 aromatic heterocycles. The molecule has 3 rings (SSSR count). The Morgan fingerprint density at radius 3 is 2.28 bits per heavy atom. The van der Waals surface area contributed by atoms with Crippen LogP contribution in [0.2, 0.25) is 5.02 Å². The average Bonchev–Trinajstić information content (AvgIpc) is 2.67. The second kappa shape index (κ2) is 9.10. The lowest BCUT2D eigenvalue weighted by molar-refractivity contribution is 0.0951. The van der Waals surface area contributed by atoms with Crippen LogP contribution in [0.1, 0.15) is 38.2 Å². The molecule has 150 valence electrons. The van der Waals surface area contributed by atoms with Gasteiger partial charge in [0.15, 0.2) is 0 Å². The van der Waals surface area contributed by atoms with E-state index in [-0.39, 0.29) is 11.7 Å². The number of rotatable bonds is 5. The Labute approximate surface area is 184 Å². The Bertz CT molecular complexity index is 1060. The summed E-state index contributed by atoms with van der Waals surface area (Å²) in [4.78, 5) is 12.8. The van der Waals surface area contributed by atoms with Gasteiger partial charge in [-0.1, -0.05) is 45.7 Å². The first-order valence-electron chi connectivity index (χ1n) is 9.28. The van der Waals surface area contributed by atoms with E-state index in [1.807, 2.05) is 57.2 Å². The predicted molar refractivity (Wildman–Crippen MR) is 121 cm³/mol. The summed E-state index contributed by atoms with van der Waals surface area (Å²) in [6, 6.07) is 14.5. The highest BCUT2D eigenvalue weighted by Gasteiger charge is 2.13. The molecule has 3 aromatic carbocycles. The molecule has 1 N–H and O–H groups in total. The molecule has 0 bridgehead atoms. The standard InChI is InChI=1S/C24H22BrClFNO/c1-14-6-17(4-5-22(14)26)13-28-24(29)20-10-18(12-25)9-19(11-20)23-15(2)7-21(27)8-16(23)3/h4-11H,12-13H2,1-3H3,(H,28,29). The third kappa shape index (κ3) is 5.06. The van der Waals surface area contributed by atoms with Crippen molar-refractivity contribution in [2.75, 3.05) is 0 Å². The Kier molecular flexibility index (Phi) is 6.76. The van der Waals surface area contributed by atoms with Crippen molar-refractivity contribution < 1.29 is 9.18 Å². The first-order chi connectivity index (χ1) is 13.8. The molecule has 0 heterocycles. The highest BCUT2D eigenvalue weighted by Crippen LogP contribution is 2.30. The topological polar surface area (TPSA) is 29.1 Å². The van der Waals surface area contributed by atoms with Gasteiger partial charge in [0.05, 0.1) is 0 Å². The molecule has 2 nitrogen and oxygen atoms in total. The summed E-state index contributed by atoms with van der Waals surface area (Å²) in [6.07, 6.45) is 0. The summed E-state index contributed by atoms with van der Waals surface area (Å²) in [6.45, 7) is 6.12. The fourth-order valence-corrected chi connectivity index (χ4v) is 3.95. The lowest BCUT2D eigenvalue weighted by atomic mass is 9.93. The lowest BCUT2D eigenvalue weighted by Crippen LogP contribution is -2.23. The van der Waals surface area contributed by atoms with Crippen LogP contribution in [-0.2, 0) is 11.9 Å². The number of amides is 1. The summed E-state index contributed by atoms with van der Waals surface area (Å²) in [7, 11) is 0. The molecule has 1 amide bonds. The van der Waals surface area contributed by atoms with Crippen molar-refractivity contribution >= 4 is 33.4 Å². The van der Waals surface area contributed by atoms with Crippen LogP contribution in [0.4, 0.5) is 4.39 Å². The fraction of sp³-hybridized carbons (Fsp3) is 0.208. The minimum Gasteiger partial charge on any atom is -0.348 e. The van der Waals surface area contributed by atoms with E-state index in [2.05, 4.69) is 21.2 Å². The van der Waals surface area contributed by atoms with E-state index in [9.17, 15) is 9.18 Å². The van der Waals surface area contributed by atoms with Crippen molar-refractivity contribution in [1.29, 1.82) is 0 Å². The summed E-state index contributed by atoms with van der Waals surface area (Å²) in [5, 5.41) is 4.30. The first kappa shape index (κ1) is 21.5. The van der Waals surface area contributed by atoms with Gasteiger partial charge < -0.3 is 5.32 Å². The zero-order valence-electron chi connectivity index (χ0n) is 16.6. The highest BCUT2D eigenvalue weighted by atomic mass is 79.9. The fourth-order valence-electron chi connectivity index (χ4n) is 3.51. The van der Waals surface area contributed by atoms with Gasteiger partial charge in [0.2, 0.25) is 0 Å². The molecule has 0 fully saturated rings. The van der Waals surface area contributed by atoms with Crippen molar-refractivity contribution in [3.05, 3.63) is 92.8 Å². The lowest BCUT2D eigenvalue weighted by Gasteiger charge is -2.14. The smallest absolute Gasteiger partial charge is 0.251 e. The summed E-state index contributed by atoms with van der Waals surface area (Å²) in [5.74, 6) is -0.407. The summed E-state index contributed by atoms with van der Waals surface area (Å²) < 4.78 is 13.7. The van der Waals surface area contributed by atoms with Crippen LogP contribution in [0.5, 0.6) is 0 Å². The summed E-state index contributed by atoms with van der Waals surface area (Å²) in [5.41, 5.74) is 7.07. The molecule has 5 heteroatoms. The van der Waals surface area contributed by atoms with E-state index in [0.29, 0.717) is 22.5 Å². The molecule has 3 aromatic rings. The molecule has 0 radical (unpaired) electrons. The maximum Gasteiger partial charge on any atom is 0.251 e. The van der Waals surface area contributed by atoms with Crippen LogP contribution in [0.15, 0.2) is 48.5 Å². The molecule has 0 spiro atoms. The van der Waals surface area contributed by atoms with Gasteiger partial charge in [0.25, 0.3) is 5.91 Å². The number of halogens is 3. The molecular weight excluding hydrogens is 453 g/mol. The zero-order chi connectivity index (χ0) is 21.1. The van der Waals surface area contributed by atoms with E-state index < -0.39 is 0 Å². The van der Waals surface area contributed by atoms with Crippen LogP contribution in [0.3, 0.4) is 0 Å². The Hall–Kier alpha value is -2.17. The quantitative estimate of drug-likeness (QED) is 0.401. The van der Waals surface area contributed by atoms with Gasteiger partial charge >= 0.3 is 0 Å². The SMILES string of the molecule is Cc1cc(CNC(=O)c2cc(CBr)cc(-c3c(C)cc(F)cc3C)c2)ccc1Cl. The molecule has 0 aliphatic rings. The number of alkyl halides is 1. The van der Waals surface area contributed by atoms with Crippen LogP contribution >= 0.6 is 27.5 Å². The van der Waals surface area contributed by atoms with Gasteiger partial charge in [-0.15, -0.1) is 0 Å². The number of hydrogen-bond donors (Lipinski definition) is 1. The molecular formula is C24H22BrClFNO. The van der Waals surface area contributed by atoms with Crippen LogP contribution in [0, 0.1) is 26.6 Å². The molecule has 29 heavy (non-hydrogen) atoms. The maximum atomic E-state index is 13.7. The van der Waals surface area contributed by atoms with E-state index in [0.717, 1.165) is 38.9 Å². The molecule has 0 atom stereocenters. The van der Waals surface area contributed by atoms with Crippen LogP contribution in [0.25, 0.3) is 11.1 Å². The molecule has 0 aliphatic carbocycles. The number of hydrogen-bond acceptors (Lipinski definition) is 1. The Morgan fingerprint density at radius 2 is 1.66 bits per heavy atom. The van der Waals surface area contributed by atoms with E-state index >= 15 is 0 Å². The van der Waals surface area contributed by atoms with Crippen LogP contribution in [-0.4, -0.2) is 5.91 Å². The van der Waals surface area contributed by atoms with Crippen molar-refractivity contribution in [2.45, 2.75) is 32.6 Å². The number of nitrogens with one attached hydrogen (secondary N) is 1. The van der Waals surface area contributed by atoms with Gasteiger partial charge in [0.1, 0.15) is 5.82 Å². The van der Waals surface area contributed by atoms with E-state index in [1.54, 1.807) is 0 Å². The average molecular weight is 475 g/mol. The van der Waals surface area contributed by atoms with Gasteiger partial charge in [-0.25, -0.2) is 4.39 Å². The number of carbonyl (C=O) groups is 1. The third-order valence-corrected chi connectivity index (χ3v) is 5.94. The largest absolute Gasteiger partial charge is 0.348 e. The monoisotopic (exact) mass is 473 g/mol. The third-order valence-electron chi connectivity index (χ3n) is 4.87. The van der Waals surface area contributed by atoms with E-state index in [1.165, 1.54) is 12.1 Å². The second-order valence-electron chi connectivity index (χ2n) is 7.23. The highest BCUT2D eigenvalue weighted by molar-refractivity contribution is 9.08. The van der Waals surface area contributed by atoms with Gasteiger partial charge in [-0.3, -0.25) is 4.79 Å². The Balaban J connectivity index is 1.90. The van der Waals surface area contributed by atoms with Crippen molar-refractivity contribution in [3.63, 3.8) is 0 Å². The molecule has 0 unspecified atom stereocenters. The minimum atomic E-state index is -0.253. The minimum absolute atomic E-state index is 0.154. The predicted octanol–water partition coefficient (Wildman–Crippen LogP) is 6.90. The molecule has 0 aliphatic heterocycles. The summed E-state index contributed by atoms with van der Waals surface area (Å²) >= 11 is 9.55.